The van der Waals surface area contributed by atoms with E-state index in [0.717, 1.165) is 11.1 Å². The summed E-state index contributed by atoms with van der Waals surface area (Å²) in [5.74, 6) is 0.0615. The predicted molar refractivity (Wildman–Crippen MR) is 140 cm³/mol. The van der Waals surface area contributed by atoms with Crippen molar-refractivity contribution in [2.24, 2.45) is 0 Å². The number of amides is 3. The molecule has 0 aromatic heterocycles. The average Bonchev–Trinajstić information content (AvgIpc) is 3.21. The fourth-order valence-corrected chi connectivity index (χ4v) is 4.21. The third-order valence-electron chi connectivity index (χ3n) is 6.08. The summed E-state index contributed by atoms with van der Waals surface area (Å²) >= 11 is 0. The molecule has 192 valence electrons. The highest BCUT2D eigenvalue weighted by Gasteiger charge is 2.47. The lowest BCUT2D eigenvalue weighted by atomic mass is 9.99. The molecular weight excluding hydrogens is 470 g/mol. The van der Waals surface area contributed by atoms with Gasteiger partial charge < -0.3 is 20.1 Å². The summed E-state index contributed by atoms with van der Waals surface area (Å²) in [4.78, 5) is 40.5. The van der Waals surface area contributed by atoms with Crippen molar-refractivity contribution in [3.8, 4) is 5.75 Å². The molecule has 3 aromatic carbocycles. The Morgan fingerprint density at radius 2 is 1.73 bits per heavy atom. The topological polar surface area (TPSA) is 97.0 Å². The number of benzene rings is 3. The van der Waals surface area contributed by atoms with E-state index in [4.69, 9.17) is 9.47 Å². The van der Waals surface area contributed by atoms with Crippen LogP contribution in [0.25, 0.3) is 0 Å². The van der Waals surface area contributed by atoms with Crippen LogP contribution in [0.4, 0.5) is 10.5 Å². The van der Waals surface area contributed by atoms with Crippen LogP contribution in [0.1, 0.15) is 47.0 Å². The number of rotatable bonds is 8. The van der Waals surface area contributed by atoms with Gasteiger partial charge in [-0.3, -0.25) is 14.5 Å². The van der Waals surface area contributed by atoms with Gasteiger partial charge in [0.1, 0.15) is 5.75 Å². The van der Waals surface area contributed by atoms with Crippen LogP contribution in [0, 0.1) is 6.92 Å². The van der Waals surface area contributed by atoms with Crippen molar-refractivity contribution in [1.29, 1.82) is 0 Å². The van der Waals surface area contributed by atoms with E-state index in [1.54, 1.807) is 55.6 Å². The summed E-state index contributed by atoms with van der Waals surface area (Å²) in [6, 6.07) is 20.6. The second-order valence-electron chi connectivity index (χ2n) is 9.33. The van der Waals surface area contributed by atoms with E-state index in [1.807, 2.05) is 45.0 Å². The Morgan fingerprint density at radius 1 is 1.03 bits per heavy atom. The van der Waals surface area contributed by atoms with E-state index < -0.39 is 18.2 Å². The maximum Gasteiger partial charge on any atom is 0.411 e. The fraction of sp³-hybridized carbons (Fsp3) is 0.276. The molecule has 0 spiro atoms. The van der Waals surface area contributed by atoms with Gasteiger partial charge in [-0.25, -0.2) is 4.79 Å². The van der Waals surface area contributed by atoms with E-state index >= 15 is 0 Å². The molecule has 3 amide bonds. The number of ether oxygens (including phenoxy) is 2. The van der Waals surface area contributed by atoms with Crippen molar-refractivity contribution >= 4 is 23.6 Å². The Hall–Kier alpha value is -4.33. The molecule has 1 heterocycles. The molecule has 1 fully saturated rings. The Kier molecular flexibility index (Phi) is 7.77. The summed E-state index contributed by atoms with van der Waals surface area (Å²) < 4.78 is 10.9. The summed E-state index contributed by atoms with van der Waals surface area (Å²) in [5.41, 5.74) is 3.60. The Balaban J connectivity index is 1.58. The van der Waals surface area contributed by atoms with Gasteiger partial charge in [0.25, 0.3) is 5.91 Å². The lowest BCUT2D eigenvalue weighted by molar-refractivity contribution is -0.126. The second kappa shape index (κ2) is 11.2. The Morgan fingerprint density at radius 3 is 2.38 bits per heavy atom. The summed E-state index contributed by atoms with van der Waals surface area (Å²) in [5, 5.41) is 5.78. The molecule has 2 atom stereocenters. The van der Waals surface area contributed by atoms with Crippen LogP contribution in [0.15, 0.2) is 72.8 Å². The van der Waals surface area contributed by atoms with E-state index in [-0.39, 0.29) is 24.4 Å². The van der Waals surface area contributed by atoms with Crippen molar-refractivity contribution in [3.63, 3.8) is 0 Å². The first-order valence-corrected chi connectivity index (χ1v) is 12.1. The summed E-state index contributed by atoms with van der Waals surface area (Å²) in [6.07, 6.45) is -1.41. The second-order valence-corrected chi connectivity index (χ2v) is 9.33. The minimum Gasteiger partial charge on any atom is -0.497 e. The SMILES string of the molecule is COc1ccc(C(=O)Nc2cccc([C@H]3OC(=O)N(Cc4ccc(C)cc4)[C@@H]3C(=O)NC(C)C)c2)cc1. The van der Waals surface area contributed by atoms with Crippen molar-refractivity contribution < 1.29 is 23.9 Å². The first-order valence-electron chi connectivity index (χ1n) is 12.1. The number of nitrogens with one attached hydrogen (secondary N) is 2. The molecule has 1 aliphatic rings. The van der Waals surface area contributed by atoms with Crippen molar-refractivity contribution in [1.82, 2.24) is 10.2 Å². The highest BCUT2D eigenvalue weighted by molar-refractivity contribution is 6.04. The third-order valence-corrected chi connectivity index (χ3v) is 6.08. The van der Waals surface area contributed by atoms with Gasteiger partial charge in [0.05, 0.1) is 13.7 Å². The smallest absolute Gasteiger partial charge is 0.411 e. The number of methoxy groups -OCH3 is 1. The van der Waals surface area contributed by atoms with Crippen molar-refractivity contribution in [2.75, 3.05) is 12.4 Å². The van der Waals surface area contributed by atoms with Crippen molar-refractivity contribution in [3.05, 3.63) is 95.1 Å². The molecular formula is C29H31N3O5. The standard InChI is InChI=1S/C29H31N3O5/c1-18(2)30-28(34)25-26(37-29(35)32(25)17-20-10-8-19(3)9-11-20)22-6-5-7-23(16-22)31-27(33)21-12-14-24(36-4)15-13-21/h5-16,18,25-26H,17H2,1-4H3,(H,30,34)(H,31,33)/t25-,26+/m0/s1. The van der Waals surface area contributed by atoms with Crippen LogP contribution in [0.5, 0.6) is 5.75 Å². The lowest BCUT2D eigenvalue weighted by Crippen LogP contribution is -2.48. The van der Waals surface area contributed by atoms with Crippen LogP contribution in [-0.4, -0.2) is 42.0 Å². The zero-order valence-electron chi connectivity index (χ0n) is 21.4. The van der Waals surface area contributed by atoms with Gasteiger partial charge in [-0.2, -0.15) is 0 Å². The van der Waals surface area contributed by atoms with Crippen molar-refractivity contribution in [2.45, 2.75) is 45.5 Å². The third kappa shape index (κ3) is 6.09. The number of anilines is 1. The van der Waals surface area contributed by atoms with E-state index in [1.165, 1.54) is 4.90 Å². The molecule has 37 heavy (non-hydrogen) atoms. The first-order chi connectivity index (χ1) is 17.7. The van der Waals surface area contributed by atoms with E-state index in [9.17, 15) is 14.4 Å². The molecule has 4 rings (SSSR count). The predicted octanol–water partition coefficient (Wildman–Crippen LogP) is 4.84. The zero-order chi connectivity index (χ0) is 26.5. The highest BCUT2D eigenvalue weighted by Crippen LogP contribution is 2.35. The molecule has 8 heteroatoms. The number of hydrogen-bond acceptors (Lipinski definition) is 5. The minimum atomic E-state index is -0.872. The average molecular weight is 502 g/mol. The quantitative estimate of drug-likeness (QED) is 0.460. The molecule has 1 saturated heterocycles. The number of hydrogen-bond donors (Lipinski definition) is 2. The number of cyclic esters (lactones) is 1. The normalized spacial score (nSPS) is 16.9. The number of aryl methyl sites for hydroxylation is 1. The van der Waals surface area contributed by atoms with Crippen LogP contribution in [0.2, 0.25) is 0 Å². The number of carbonyl (C=O) groups is 3. The molecule has 0 saturated carbocycles. The van der Waals surface area contributed by atoms with E-state index in [0.29, 0.717) is 22.6 Å². The van der Waals surface area contributed by atoms with Gasteiger partial charge in [-0.15, -0.1) is 0 Å². The molecule has 0 aliphatic carbocycles. The summed E-state index contributed by atoms with van der Waals surface area (Å²) in [7, 11) is 1.56. The maximum atomic E-state index is 13.3. The Bertz CT molecular complexity index is 1270. The van der Waals surface area contributed by atoms with Gasteiger partial charge in [-0.05, 0) is 68.3 Å². The van der Waals surface area contributed by atoms with Gasteiger partial charge in [0.15, 0.2) is 12.1 Å². The molecule has 2 N–H and O–H groups in total. The van der Waals surface area contributed by atoms with Gasteiger partial charge in [0.2, 0.25) is 5.91 Å². The first kappa shape index (κ1) is 25.8. The lowest BCUT2D eigenvalue weighted by Gasteiger charge is -2.25. The van der Waals surface area contributed by atoms with Gasteiger partial charge in [0, 0.05) is 17.3 Å². The van der Waals surface area contributed by atoms with E-state index in [2.05, 4.69) is 10.6 Å². The molecule has 0 unspecified atom stereocenters. The monoisotopic (exact) mass is 501 g/mol. The van der Waals surface area contributed by atoms with Gasteiger partial charge in [-0.1, -0.05) is 42.0 Å². The van der Waals surface area contributed by atoms with Crippen LogP contribution < -0.4 is 15.4 Å². The van der Waals surface area contributed by atoms with Crippen LogP contribution >= 0.6 is 0 Å². The molecule has 1 aliphatic heterocycles. The number of carbonyl (C=O) groups excluding carboxylic acids is 3. The fourth-order valence-electron chi connectivity index (χ4n) is 4.21. The molecule has 0 radical (unpaired) electrons. The van der Waals surface area contributed by atoms with Crippen LogP contribution in [0.3, 0.4) is 0 Å². The molecule has 8 nitrogen and oxygen atoms in total. The summed E-state index contributed by atoms with van der Waals surface area (Å²) in [6.45, 7) is 5.96. The zero-order valence-corrected chi connectivity index (χ0v) is 21.4. The molecule has 3 aromatic rings. The van der Waals surface area contributed by atoms with Gasteiger partial charge >= 0.3 is 6.09 Å². The molecule has 0 bridgehead atoms. The highest BCUT2D eigenvalue weighted by atomic mass is 16.6. The Labute approximate surface area is 216 Å². The largest absolute Gasteiger partial charge is 0.497 e. The van der Waals surface area contributed by atoms with Crippen LogP contribution in [-0.2, 0) is 16.1 Å². The minimum absolute atomic E-state index is 0.111. The number of nitrogens with zero attached hydrogens (tertiary/aromatic N) is 1. The maximum absolute atomic E-state index is 13.3.